The maximum absolute atomic E-state index is 13.1. The molecule has 1 atom stereocenters. The van der Waals surface area contributed by atoms with E-state index in [4.69, 9.17) is 27.9 Å². The van der Waals surface area contributed by atoms with Gasteiger partial charge in [0.2, 0.25) is 0 Å². The summed E-state index contributed by atoms with van der Waals surface area (Å²) in [5.74, 6) is -1.72. The second-order valence-electron chi connectivity index (χ2n) is 5.02. The number of hydrogen-bond acceptors (Lipinski definition) is 3. The van der Waals surface area contributed by atoms with E-state index < -0.39 is 23.8 Å². The third-order valence-corrected chi connectivity index (χ3v) is 3.82. The van der Waals surface area contributed by atoms with Crippen LogP contribution < -0.4 is 5.32 Å². The number of ether oxygens (including phenoxy) is 1. The highest BCUT2D eigenvalue weighted by atomic mass is 35.5. The number of carbonyl (C=O) groups is 2. The highest BCUT2D eigenvalue weighted by Gasteiger charge is 2.19. The molecule has 0 aliphatic carbocycles. The summed E-state index contributed by atoms with van der Waals surface area (Å²) < 4.78 is 18.2. The topological polar surface area (TPSA) is 55.4 Å². The summed E-state index contributed by atoms with van der Waals surface area (Å²) in [7, 11) is 0. The Kier molecular flexibility index (Phi) is 6.17. The lowest BCUT2D eigenvalue weighted by molar-refractivity contribution is -0.152. The second-order valence-corrected chi connectivity index (χ2v) is 5.83. The molecule has 0 radical (unpaired) electrons. The number of benzene rings is 2. The van der Waals surface area contributed by atoms with Gasteiger partial charge in [0.1, 0.15) is 5.82 Å². The van der Waals surface area contributed by atoms with Crippen molar-refractivity contribution in [2.45, 2.75) is 19.4 Å². The molecule has 24 heavy (non-hydrogen) atoms. The van der Waals surface area contributed by atoms with Crippen molar-refractivity contribution in [3.8, 4) is 0 Å². The Labute approximate surface area is 148 Å². The van der Waals surface area contributed by atoms with Gasteiger partial charge in [-0.3, -0.25) is 9.59 Å². The minimum atomic E-state index is -1.02. The van der Waals surface area contributed by atoms with Crippen molar-refractivity contribution < 1.29 is 18.7 Å². The lowest BCUT2D eigenvalue weighted by Crippen LogP contribution is -2.30. The Morgan fingerprint density at radius 3 is 2.54 bits per heavy atom. The molecule has 0 spiro atoms. The lowest BCUT2D eigenvalue weighted by Gasteiger charge is -2.14. The Balaban J connectivity index is 1.92. The van der Waals surface area contributed by atoms with E-state index in [0.29, 0.717) is 16.3 Å². The molecule has 0 aliphatic rings. The molecular weight excluding hydrogens is 356 g/mol. The number of halogens is 3. The Hall–Kier alpha value is -2.11. The average molecular weight is 370 g/mol. The second kappa shape index (κ2) is 8.13. The van der Waals surface area contributed by atoms with Crippen LogP contribution in [-0.2, 0) is 20.7 Å². The largest absolute Gasteiger partial charge is 0.452 e. The van der Waals surface area contributed by atoms with Crippen LogP contribution in [0.15, 0.2) is 42.5 Å². The van der Waals surface area contributed by atoms with Crippen molar-refractivity contribution in [2.75, 3.05) is 5.32 Å². The van der Waals surface area contributed by atoms with Crippen molar-refractivity contribution >= 4 is 40.8 Å². The van der Waals surface area contributed by atoms with E-state index in [1.807, 2.05) is 0 Å². The van der Waals surface area contributed by atoms with Gasteiger partial charge >= 0.3 is 5.97 Å². The third kappa shape index (κ3) is 4.94. The minimum Gasteiger partial charge on any atom is -0.452 e. The maximum atomic E-state index is 13.1. The number of anilines is 1. The van der Waals surface area contributed by atoms with Gasteiger partial charge < -0.3 is 10.1 Å². The summed E-state index contributed by atoms with van der Waals surface area (Å²) in [5, 5.41) is 2.83. The van der Waals surface area contributed by atoms with E-state index >= 15 is 0 Å². The molecule has 0 saturated carbocycles. The molecule has 0 aromatic heterocycles. The van der Waals surface area contributed by atoms with Gasteiger partial charge in [0.25, 0.3) is 5.91 Å². The SMILES string of the molecule is C[C@@H](OC(=O)Cc1ccccc1Cl)C(=O)Nc1ccc(F)c(Cl)c1. The highest BCUT2D eigenvalue weighted by Crippen LogP contribution is 2.20. The molecule has 0 aliphatic heterocycles. The summed E-state index contributed by atoms with van der Waals surface area (Å²) in [5.41, 5.74) is 0.919. The highest BCUT2D eigenvalue weighted by molar-refractivity contribution is 6.31. The van der Waals surface area contributed by atoms with Crippen LogP contribution in [-0.4, -0.2) is 18.0 Å². The number of esters is 1. The standard InChI is InChI=1S/C17H14Cl2FNO3/c1-10(17(23)21-12-6-7-15(20)14(19)9-12)24-16(22)8-11-4-2-3-5-13(11)18/h2-7,9-10H,8H2,1H3,(H,21,23)/t10-/m1/s1. The van der Waals surface area contributed by atoms with E-state index in [9.17, 15) is 14.0 Å². The molecule has 4 nitrogen and oxygen atoms in total. The fraction of sp³-hybridized carbons (Fsp3) is 0.176. The molecule has 2 rings (SSSR count). The summed E-state index contributed by atoms with van der Waals surface area (Å²) in [6, 6.07) is 10.6. The van der Waals surface area contributed by atoms with E-state index in [1.54, 1.807) is 24.3 Å². The molecule has 7 heteroatoms. The fourth-order valence-corrected chi connectivity index (χ4v) is 2.29. The number of amides is 1. The predicted molar refractivity (Wildman–Crippen MR) is 90.7 cm³/mol. The minimum absolute atomic E-state index is 0.0420. The average Bonchev–Trinajstić information content (AvgIpc) is 2.53. The molecule has 1 amide bonds. The van der Waals surface area contributed by atoms with Crippen LogP contribution in [0.4, 0.5) is 10.1 Å². The normalized spacial score (nSPS) is 11.7. The maximum Gasteiger partial charge on any atom is 0.311 e. The van der Waals surface area contributed by atoms with E-state index in [2.05, 4.69) is 5.32 Å². The van der Waals surface area contributed by atoms with Gasteiger partial charge in [0.05, 0.1) is 11.4 Å². The third-order valence-electron chi connectivity index (χ3n) is 3.16. The van der Waals surface area contributed by atoms with Crippen LogP contribution in [0.2, 0.25) is 10.0 Å². The van der Waals surface area contributed by atoms with E-state index in [1.165, 1.54) is 19.1 Å². The smallest absolute Gasteiger partial charge is 0.311 e. The molecule has 2 aromatic carbocycles. The predicted octanol–water partition coefficient (Wildman–Crippen LogP) is 4.25. The van der Waals surface area contributed by atoms with Crippen LogP contribution >= 0.6 is 23.2 Å². The number of nitrogens with one attached hydrogen (secondary N) is 1. The number of rotatable bonds is 5. The number of hydrogen-bond donors (Lipinski definition) is 1. The molecule has 2 aromatic rings. The molecule has 1 N–H and O–H groups in total. The van der Waals surface area contributed by atoms with Crippen molar-refractivity contribution in [1.29, 1.82) is 0 Å². The zero-order chi connectivity index (χ0) is 17.7. The molecule has 126 valence electrons. The molecule has 0 saturated heterocycles. The van der Waals surface area contributed by atoms with Gasteiger partial charge in [-0.1, -0.05) is 41.4 Å². The van der Waals surface area contributed by atoms with Crippen LogP contribution in [0, 0.1) is 5.82 Å². The molecule has 0 unspecified atom stereocenters. The number of carbonyl (C=O) groups excluding carboxylic acids is 2. The van der Waals surface area contributed by atoms with E-state index in [0.717, 1.165) is 6.07 Å². The first kappa shape index (κ1) is 18.2. The van der Waals surface area contributed by atoms with Gasteiger partial charge in [-0.25, -0.2) is 4.39 Å². The van der Waals surface area contributed by atoms with Crippen molar-refractivity contribution in [2.24, 2.45) is 0 Å². The Morgan fingerprint density at radius 1 is 1.17 bits per heavy atom. The lowest BCUT2D eigenvalue weighted by atomic mass is 10.1. The first-order chi connectivity index (χ1) is 11.4. The molecule has 0 heterocycles. The van der Waals surface area contributed by atoms with Crippen molar-refractivity contribution in [3.05, 3.63) is 63.9 Å². The van der Waals surface area contributed by atoms with Crippen LogP contribution in [0.25, 0.3) is 0 Å². The van der Waals surface area contributed by atoms with Crippen LogP contribution in [0.3, 0.4) is 0 Å². The van der Waals surface area contributed by atoms with Crippen LogP contribution in [0.1, 0.15) is 12.5 Å². The molecule has 0 fully saturated rings. The fourth-order valence-electron chi connectivity index (χ4n) is 1.91. The van der Waals surface area contributed by atoms with Gasteiger partial charge in [0.15, 0.2) is 6.10 Å². The first-order valence-corrected chi connectivity index (χ1v) is 7.81. The quantitative estimate of drug-likeness (QED) is 0.801. The first-order valence-electron chi connectivity index (χ1n) is 7.05. The van der Waals surface area contributed by atoms with Gasteiger partial charge in [0, 0.05) is 10.7 Å². The summed E-state index contributed by atoms with van der Waals surface area (Å²) in [6.45, 7) is 1.44. The van der Waals surface area contributed by atoms with Crippen molar-refractivity contribution in [3.63, 3.8) is 0 Å². The Morgan fingerprint density at radius 2 is 1.88 bits per heavy atom. The summed E-state index contributed by atoms with van der Waals surface area (Å²) in [6.07, 6.45) is -1.07. The van der Waals surface area contributed by atoms with Gasteiger partial charge in [-0.15, -0.1) is 0 Å². The zero-order valence-electron chi connectivity index (χ0n) is 12.7. The summed E-state index contributed by atoms with van der Waals surface area (Å²) >= 11 is 11.6. The van der Waals surface area contributed by atoms with Gasteiger partial charge in [-0.2, -0.15) is 0 Å². The van der Waals surface area contributed by atoms with Crippen LogP contribution in [0.5, 0.6) is 0 Å². The van der Waals surface area contributed by atoms with Gasteiger partial charge in [-0.05, 0) is 36.8 Å². The molecule has 0 bridgehead atoms. The summed E-state index contributed by atoms with van der Waals surface area (Å²) in [4.78, 5) is 23.9. The zero-order valence-corrected chi connectivity index (χ0v) is 14.2. The van der Waals surface area contributed by atoms with E-state index in [-0.39, 0.29) is 11.4 Å². The molecular formula is C17H14Cl2FNO3. The van der Waals surface area contributed by atoms with Crippen molar-refractivity contribution in [1.82, 2.24) is 0 Å². The Bertz CT molecular complexity index is 767. The monoisotopic (exact) mass is 369 g/mol.